The van der Waals surface area contributed by atoms with Gasteiger partial charge in [-0.1, -0.05) is 42.7 Å². The van der Waals surface area contributed by atoms with E-state index in [-0.39, 0.29) is 12.2 Å². The van der Waals surface area contributed by atoms with E-state index in [4.69, 9.17) is 4.74 Å². The number of carbonyl (C=O) groups is 1. The number of halogens is 1. The first kappa shape index (κ1) is 17.5. The summed E-state index contributed by atoms with van der Waals surface area (Å²) in [4.78, 5) is 16.5. The number of aryl methyl sites for hydroxylation is 1. The van der Waals surface area contributed by atoms with Gasteiger partial charge in [0.05, 0.1) is 11.8 Å². The summed E-state index contributed by atoms with van der Waals surface area (Å²) in [7, 11) is 0. The van der Waals surface area contributed by atoms with Gasteiger partial charge in [-0.25, -0.2) is 4.39 Å². The van der Waals surface area contributed by atoms with Crippen LogP contribution in [-0.4, -0.2) is 21.7 Å². The standard InChI is InChI=1S/C20H22FNO3/c1-14-5-4-6-15(11-14)18(20(24)8-2-3-9-20)19(23)25-13-16-7-10-22-12-17(16)21/h4-7,10-12,18,24H,2-3,8-9,13H2,1H3. The fourth-order valence-corrected chi connectivity index (χ4v) is 3.54. The zero-order chi connectivity index (χ0) is 17.9. The lowest BCUT2D eigenvalue weighted by molar-refractivity contribution is -0.154. The average molecular weight is 343 g/mol. The molecule has 1 heterocycles. The molecule has 1 aromatic heterocycles. The van der Waals surface area contributed by atoms with Crippen LogP contribution in [0.5, 0.6) is 0 Å². The second kappa shape index (κ2) is 7.31. The molecule has 0 aliphatic heterocycles. The molecule has 25 heavy (non-hydrogen) atoms. The fraction of sp³-hybridized carbons (Fsp3) is 0.400. The van der Waals surface area contributed by atoms with E-state index in [9.17, 15) is 14.3 Å². The Labute approximate surface area is 146 Å². The van der Waals surface area contributed by atoms with Crippen molar-refractivity contribution < 1.29 is 19.0 Å². The Bertz CT molecular complexity index is 756. The van der Waals surface area contributed by atoms with Gasteiger partial charge in [0.15, 0.2) is 0 Å². The van der Waals surface area contributed by atoms with Gasteiger partial charge in [-0.2, -0.15) is 0 Å². The molecule has 1 unspecified atom stereocenters. The van der Waals surface area contributed by atoms with Crippen LogP contribution in [0.1, 0.15) is 48.3 Å². The average Bonchev–Trinajstić information content (AvgIpc) is 3.01. The number of hydrogen-bond acceptors (Lipinski definition) is 4. The van der Waals surface area contributed by atoms with Crippen molar-refractivity contribution in [1.29, 1.82) is 0 Å². The minimum Gasteiger partial charge on any atom is -0.460 e. The number of aromatic nitrogens is 1. The molecular formula is C20H22FNO3. The number of rotatable bonds is 5. The highest BCUT2D eigenvalue weighted by Crippen LogP contribution is 2.42. The summed E-state index contributed by atoms with van der Waals surface area (Å²) in [5.41, 5.74) is 0.910. The zero-order valence-corrected chi connectivity index (χ0v) is 14.2. The van der Waals surface area contributed by atoms with Crippen LogP contribution in [0.2, 0.25) is 0 Å². The van der Waals surface area contributed by atoms with Crippen LogP contribution < -0.4 is 0 Å². The highest BCUT2D eigenvalue weighted by molar-refractivity contribution is 5.80. The van der Waals surface area contributed by atoms with E-state index >= 15 is 0 Å². The van der Waals surface area contributed by atoms with Gasteiger partial charge in [0.2, 0.25) is 0 Å². The van der Waals surface area contributed by atoms with E-state index in [2.05, 4.69) is 4.98 Å². The molecule has 1 N–H and O–H groups in total. The molecule has 2 aromatic rings. The van der Waals surface area contributed by atoms with Crippen LogP contribution in [0, 0.1) is 12.7 Å². The first-order valence-electron chi connectivity index (χ1n) is 8.53. The summed E-state index contributed by atoms with van der Waals surface area (Å²) in [6.45, 7) is 1.77. The number of ether oxygens (including phenoxy) is 1. The fourth-order valence-electron chi connectivity index (χ4n) is 3.54. The van der Waals surface area contributed by atoms with E-state index in [0.717, 1.165) is 30.2 Å². The van der Waals surface area contributed by atoms with Crippen molar-refractivity contribution >= 4 is 5.97 Å². The van der Waals surface area contributed by atoms with Crippen LogP contribution in [0.3, 0.4) is 0 Å². The van der Waals surface area contributed by atoms with Crippen molar-refractivity contribution in [3.63, 3.8) is 0 Å². The molecule has 1 aliphatic rings. The summed E-state index contributed by atoms with van der Waals surface area (Å²) < 4.78 is 19.1. The van der Waals surface area contributed by atoms with Crippen LogP contribution in [0.25, 0.3) is 0 Å². The van der Waals surface area contributed by atoms with Crippen molar-refractivity contribution in [2.45, 2.75) is 50.7 Å². The maximum absolute atomic E-state index is 13.7. The van der Waals surface area contributed by atoms with E-state index in [1.54, 1.807) is 0 Å². The van der Waals surface area contributed by atoms with E-state index in [1.165, 1.54) is 12.3 Å². The summed E-state index contributed by atoms with van der Waals surface area (Å²) in [6, 6.07) is 9.02. The predicted molar refractivity (Wildman–Crippen MR) is 91.3 cm³/mol. The van der Waals surface area contributed by atoms with Gasteiger partial charge in [0.25, 0.3) is 0 Å². The van der Waals surface area contributed by atoms with Gasteiger partial charge in [-0.15, -0.1) is 0 Å². The summed E-state index contributed by atoms with van der Waals surface area (Å²) in [5, 5.41) is 11.0. The molecular weight excluding hydrogens is 321 g/mol. The number of hydrogen-bond donors (Lipinski definition) is 1. The van der Waals surface area contributed by atoms with Crippen LogP contribution in [0.4, 0.5) is 4.39 Å². The lowest BCUT2D eigenvalue weighted by atomic mass is 9.80. The predicted octanol–water partition coefficient (Wildman–Crippen LogP) is 3.66. The van der Waals surface area contributed by atoms with Gasteiger partial charge in [-0.3, -0.25) is 9.78 Å². The molecule has 0 bridgehead atoms. The Morgan fingerprint density at radius 3 is 2.80 bits per heavy atom. The first-order valence-corrected chi connectivity index (χ1v) is 8.53. The summed E-state index contributed by atoms with van der Waals surface area (Å²) >= 11 is 0. The molecule has 132 valence electrons. The molecule has 1 saturated carbocycles. The molecule has 0 spiro atoms. The Balaban J connectivity index is 1.84. The normalized spacial score (nSPS) is 17.2. The third-order valence-corrected chi connectivity index (χ3v) is 4.84. The monoisotopic (exact) mass is 343 g/mol. The molecule has 5 heteroatoms. The lowest BCUT2D eigenvalue weighted by Crippen LogP contribution is -2.39. The second-order valence-corrected chi connectivity index (χ2v) is 6.73. The van der Waals surface area contributed by atoms with Crippen molar-refractivity contribution in [2.24, 2.45) is 0 Å². The summed E-state index contributed by atoms with van der Waals surface area (Å²) in [5.74, 6) is -1.80. The largest absolute Gasteiger partial charge is 0.460 e. The Hall–Kier alpha value is -2.27. The van der Waals surface area contributed by atoms with Crippen LogP contribution >= 0.6 is 0 Å². The van der Waals surface area contributed by atoms with Crippen molar-refractivity contribution in [1.82, 2.24) is 4.98 Å². The molecule has 0 amide bonds. The molecule has 1 aliphatic carbocycles. The smallest absolute Gasteiger partial charge is 0.316 e. The molecule has 4 nitrogen and oxygen atoms in total. The quantitative estimate of drug-likeness (QED) is 0.842. The Morgan fingerprint density at radius 1 is 1.36 bits per heavy atom. The molecule has 3 rings (SSSR count). The molecule has 1 fully saturated rings. The van der Waals surface area contributed by atoms with E-state index in [0.29, 0.717) is 12.8 Å². The van der Waals surface area contributed by atoms with E-state index < -0.39 is 23.3 Å². The van der Waals surface area contributed by atoms with Crippen LogP contribution in [0.15, 0.2) is 42.7 Å². The minimum absolute atomic E-state index is 0.175. The SMILES string of the molecule is Cc1cccc(C(C(=O)OCc2ccncc2F)C2(O)CCCC2)c1. The topological polar surface area (TPSA) is 59.4 Å². The second-order valence-electron chi connectivity index (χ2n) is 6.73. The molecule has 1 atom stereocenters. The number of benzene rings is 1. The highest BCUT2D eigenvalue weighted by atomic mass is 19.1. The number of carbonyl (C=O) groups excluding carboxylic acids is 1. The van der Waals surface area contributed by atoms with Gasteiger partial charge < -0.3 is 9.84 Å². The maximum Gasteiger partial charge on any atom is 0.316 e. The van der Waals surface area contributed by atoms with Crippen molar-refractivity contribution in [3.8, 4) is 0 Å². The van der Waals surface area contributed by atoms with E-state index in [1.807, 2.05) is 31.2 Å². The van der Waals surface area contributed by atoms with Crippen molar-refractivity contribution in [2.75, 3.05) is 0 Å². The maximum atomic E-state index is 13.7. The van der Waals surface area contributed by atoms with Crippen molar-refractivity contribution in [3.05, 3.63) is 65.2 Å². The first-order chi connectivity index (χ1) is 12.0. The van der Waals surface area contributed by atoms with Gasteiger partial charge in [0, 0.05) is 11.8 Å². The number of esters is 1. The minimum atomic E-state index is -1.11. The summed E-state index contributed by atoms with van der Waals surface area (Å²) in [6.07, 6.45) is 5.42. The van der Waals surface area contributed by atoms with Gasteiger partial charge in [0.1, 0.15) is 18.3 Å². The third kappa shape index (κ3) is 3.87. The Morgan fingerprint density at radius 2 is 2.12 bits per heavy atom. The third-order valence-electron chi connectivity index (χ3n) is 4.84. The number of pyridine rings is 1. The number of nitrogens with zero attached hydrogens (tertiary/aromatic N) is 1. The zero-order valence-electron chi connectivity index (χ0n) is 14.2. The number of aliphatic hydroxyl groups is 1. The van der Waals surface area contributed by atoms with Crippen LogP contribution in [-0.2, 0) is 16.1 Å². The van der Waals surface area contributed by atoms with Gasteiger partial charge >= 0.3 is 5.97 Å². The molecule has 0 saturated heterocycles. The highest BCUT2D eigenvalue weighted by Gasteiger charge is 2.45. The lowest BCUT2D eigenvalue weighted by Gasteiger charge is -2.31. The molecule has 0 radical (unpaired) electrons. The van der Waals surface area contributed by atoms with Gasteiger partial charge in [-0.05, 0) is 31.4 Å². The Kier molecular flexibility index (Phi) is 5.13. The molecule has 1 aromatic carbocycles.